The van der Waals surface area contributed by atoms with Crippen LogP contribution in [0.2, 0.25) is 0 Å². The van der Waals surface area contributed by atoms with E-state index in [-0.39, 0.29) is 6.85 Å². The van der Waals surface area contributed by atoms with E-state index in [0.29, 0.717) is 5.71 Å². The SMILES string of the molecule is Cc1ccc2c3c(oc2n1)=CB(c1cc(-c2ccccc2)c(C)c[n+]1C)N(C)C=3. The predicted octanol–water partition coefficient (Wildman–Crippen LogP) is 1.84. The second-order valence-corrected chi connectivity index (χ2v) is 7.86. The van der Waals surface area contributed by atoms with Gasteiger partial charge in [0.1, 0.15) is 12.5 Å². The number of hydrogen-bond donors (Lipinski definition) is 0. The highest BCUT2D eigenvalue weighted by Crippen LogP contribution is 2.21. The normalized spacial score (nSPS) is 13.2. The van der Waals surface area contributed by atoms with Gasteiger partial charge in [0.05, 0.1) is 0 Å². The van der Waals surface area contributed by atoms with Crippen molar-refractivity contribution in [1.82, 2.24) is 9.79 Å². The summed E-state index contributed by atoms with van der Waals surface area (Å²) < 4.78 is 8.33. The number of fused-ring (bicyclic) bond motifs is 3. The fourth-order valence-electron chi connectivity index (χ4n) is 4.22. The van der Waals surface area contributed by atoms with Gasteiger partial charge in [-0.25, -0.2) is 9.55 Å². The van der Waals surface area contributed by atoms with Gasteiger partial charge in [-0.2, -0.15) is 0 Å². The van der Waals surface area contributed by atoms with E-state index in [2.05, 4.69) is 96.2 Å². The zero-order chi connectivity index (χ0) is 20.1. The van der Waals surface area contributed by atoms with Crippen molar-refractivity contribution in [2.24, 2.45) is 7.05 Å². The number of nitrogens with zero attached hydrogens (tertiary/aromatic N) is 3. The Morgan fingerprint density at radius 3 is 2.66 bits per heavy atom. The van der Waals surface area contributed by atoms with Crippen LogP contribution in [0.4, 0.5) is 0 Å². The third-order valence-corrected chi connectivity index (χ3v) is 5.74. The van der Waals surface area contributed by atoms with E-state index < -0.39 is 0 Å². The Bertz CT molecular complexity index is 1360. The Morgan fingerprint density at radius 1 is 1.07 bits per heavy atom. The highest BCUT2D eigenvalue weighted by atomic mass is 16.3. The van der Waals surface area contributed by atoms with Crippen molar-refractivity contribution in [3.63, 3.8) is 0 Å². The Morgan fingerprint density at radius 2 is 1.86 bits per heavy atom. The Labute approximate surface area is 170 Å². The first-order valence-corrected chi connectivity index (χ1v) is 9.88. The van der Waals surface area contributed by atoms with Crippen LogP contribution in [0.1, 0.15) is 11.3 Å². The van der Waals surface area contributed by atoms with E-state index in [9.17, 15) is 0 Å². The van der Waals surface area contributed by atoms with Crippen LogP contribution in [0, 0.1) is 13.8 Å². The minimum atomic E-state index is 0.0808. The van der Waals surface area contributed by atoms with Crippen LogP contribution in [0.25, 0.3) is 34.4 Å². The molecular formula is C24H23BN3O+. The standard InChI is InChI=1S/C24H23BN3O/c1-16-14-27(3)23(12-20(16)18-8-6-5-7-9-18)25-13-22-21(15-28(25)4)19-11-10-17(2)26-24(19)29-22/h5-15H,1-4H3/q+1. The second kappa shape index (κ2) is 6.62. The topological polar surface area (TPSA) is 33.1 Å². The van der Waals surface area contributed by atoms with Crippen LogP contribution >= 0.6 is 0 Å². The predicted molar refractivity (Wildman–Crippen MR) is 118 cm³/mol. The summed E-state index contributed by atoms with van der Waals surface area (Å²) in [6.45, 7) is 4.23. The van der Waals surface area contributed by atoms with Gasteiger partial charge in [0.25, 0.3) is 0 Å². The zero-order valence-corrected chi connectivity index (χ0v) is 17.2. The molecule has 5 heteroatoms. The zero-order valence-electron chi connectivity index (χ0n) is 17.2. The molecule has 0 unspecified atom stereocenters. The molecule has 0 spiro atoms. The van der Waals surface area contributed by atoms with Crippen molar-refractivity contribution in [3.05, 3.63) is 76.6 Å². The second-order valence-electron chi connectivity index (χ2n) is 7.86. The van der Waals surface area contributed by atoms with Gasteiger partial charge in [0.2, 0.25) is 5.71 Å². The molecule has 0 aliphatic carbocycles. The van der Waals surface area contributed by atoms with E-state index in [1.807, 2.05) is 13.0 Å². The average molecular weight is 380 g/mol. The lowest BCUT2D eigenvalue weighted by molar-refractivity contribution is -0.654. The largest absolute Gasteiger partial charge is 0.439 e. The maximum Gasteiger partial charge on any atom is 0.399 e. The van der Waals surface area contributed by atoms with Gasteiger partial charge < -0.3 is 9.23 Å². The van der Waals surface area contributed by atoms with Crippen molar-refractivity contribution in [3.8, 4) is 11.1 Å². The monoisotopic (exact) mass is 380 g/mol. The molecule has 4 aromatic rings. The molecule has 0 saturated carbocycles. The van der Waals surface area contributed by atoms with Crippen LogP contribution in [-0.2, 0) is 7.05 Å². The number of aromatic nitrogens is 2. The van der Waals surface area contributed by atoms with E-state index in [1.165, 1.54) is 22.3 Å². The fourth-order valence-corrected chi connectivity index (χ4v) is 4.22. The summed E-state index contributed by atoms with van der Waals surface area (Å²) in [5.41, 5.74) is 7.52. The summed E-state index contributed by atoms with van der Waals surface area (Å²) in [4.78, 5) is 6.80. The molecular weight excluding hydrogens is 357 g/mol. The molecule has 1 aromatic carbocycles. The smallest absolute Gasteiger partial charge is 0.399 e. The molecule has 0 fully saturated rings. The van der Waals surface area contributed by atoms with Crippen LogP contribution in [0.15, 0.2) is 59.1 Å². The van der Waals surface area contributed by atoms with E-state index in [4.69, 9.17) is 4.42 Å². The maximum absolute atomic E-state index is 6.12. The molecule has 142 valence electrons. The number of furan rings is 1. The first kappa shape index (κ1) is 17.7. The highest BCUT2D eigenvalue weighted by Gasteiger charge is 2.31. The summed E-state index contributed by atoms with van der Waals surface area (Å²) in [6, 6.07) is 17.0. The van der Waals surface area contributed by atoms with Gasteiger partial charge >= 0.3 is 6.85 Å². The molecule has 4 heterocycles. The molecule has 0 bridgehead atoms. The number of rotatable bonds is 2. The number of aryl methyl sites for hydroxylation is 3. The lowest BCUT2D eigenvalue weighted by Crippen LogP contribution is -2.61. The van der Waals surface area contributed by atoms with Crippen LogP contribution < -0.4 is 20.8 Å². The Balaban J connectivity index is 1.69. The third kappa shape index (κ3) is 2.94. The van der Waals surface area contributed by atoms with Gasteiger partial charge in [-0.1, -0.05) is 30.3 Å². The number of pyridine rings is 2. The molecule has 29 heavy (non-hydrogen) atoms. The molecule has 0 N–H and O–H groups in total. The highest BCUT2D eigenvalue weighted by molar-refractivity contribution is 6.82. The quantitative estimate of drug-likeness (QED) is 0.393. The first-order valence-electron chi connectivity index (χ1n) is 9.88. The minimum Gasteiger partial charge on any atom is -0.439 e. The Kier molecular flexibility index (Phi) is 4.05. The van der Waals surface area contributed by atoms with Crippen molar-refractivity contribution in [2.75, 3.05) is 7.05 Å². The lowest BCUT2D eigenvalue weighted by atomic mass is 9.55. The summed E-state index contributed by atoms with van der Waals surface area (Å²) in [5, 5.41) is 2.16. The molecule has 1 aliphatic rings. The molecule has 0 saturated heterocycles. The number of benzene rings is 1. The van der Waals surface area contributed by atoms with Gasteiger partial charge in [0.15, 0.2) is 11.8 Å². The van der Waals surface area contributed by atoms with E-state index >= 15 is 0 Å². The van der Waals surface area contributed by atoms with Crippen LogP contribution in [0.5, 0.6) is 0 Å². The molecule has 1 aliphatic heterocycles. The molecule has 5 rings (SSSR count). The Hall–Kier alpha value is -3.34. The molecule has 0 amide bonds. The van der Waals surface area contributed by atoms with Gasteiger partial charge in [-0.05, 0) is 56.3 Å². The molecule has 0 atom stereocenters. The van der Waals surface area contributed by atoms with Crippen molar-refractivity contribution >= 4 is 35.7 Å². The van der Waals surface area contributed by atoms with Crippen LogP contribution in [0.3, 0.4) is 0 Å². The molecule has 0 radical (unpaired) electrons. The van der Waals surface area contributed by atoms with E-state index in [1.54, 1.807) is 0 Å². The summed E-state index contributed by atoms with van der Waals surface area (Å²) in [7, 11) is 4.23. The van der Waals surface area contributed by atoms with Crippen LogP contribution in [-0.4, -0.2) is 23.7 Å². The number of hydrogen-bond acceptors (Lipinski definition) is 3. The molecule has 4 nitrogen and oxygen atoms in total. The first-order chi connectivity index (χ1) is 14.0. The van der Waals surface area contributed by atoms with Crippen molar-refractivity contribution < 1.29 is 8.98 Å². The van der Waals surface area contributed by atoms with E-state index in [0.717, 1.165) is 21.7 Å². The average Bonchev–Trinajstić information content (AvgIpc) is 3.04. The third-order valence-electron chi connectivity index (χ3n) is 5.74. The molecule has 3 aromatic heterocycles. The van der Waals surface area contributed by atoms with Crippen molar-refractivity contribution in [2.45, 2.75) is 13.8 Å². The van der Waals surface area contributed by atoms with Gasteiger partial charge in [-0.15, -0.1) is 0 Å². The van der Waals surface area contributed by atoms with Gasteiger partial charge in [0, 0.05) is 27.9 Å². The summed E-state index contributed by atoms with van der Waals surface area (Å²) in [6.07, 6.45) is 4.38. The van der Waals surface area contributed by atoms with Gasteiger partial charge in [-0.3, -0.25) is 0 Å². The summed E-state index contributed by atoms with van der Waals surface area (Å²) in [5.74, 6) is 2.20. The minimum absolute atomic E-state index is 0.0808. The maximum atomic E-state index is 6.12. The summed E-state index contributed by atoms with van der Waals surface area (Å²) >= 11 is 0. The fraction of sp³-hybridized carbons (Fsp3) is 0.167. The van der Waals surface area contributed by atoms with Crippen molar-refractivity contribution in [1.29, 1.82) is 0 Å². The lowest BCUT2D eigenvalue weighted by Gasteiger charge is -2.21.